The number of fused-ring (bicyclic) bond motifs is 1. The van der Waals surface area contributed by atoms with Crippen molar-refractivity contribution in [3.63, 3.8) is 0 Å². The quantitative estimate of drug-likeness (QED) is 0.728. The Morgan fingerprint density at radius 2 is 2.13 bits per heavy atom. The summed E-state index contributed by atoms with van der Waals surface area (Å²) in [5.41, 5.74) is 1.14. The predicted molar refractivity (Wildman–Crippen MR) is 56.0 cm³/mol. The van der Waals surface area contributed by atoms with Gasteiger partial charge >= 0.3 is 6.01 Å². The summed E-state index contributed by atoms with van der Waals surface area (Å²) in [5, 5.41) is 0.320. The van der Waals surface area contributed by atoms with Crippen LogP contribution in [0.1, 0.15) is 12.7 Å². The smallest absolute Gasteiger partial charge is 0.317 e. The molecule has 2 heterocycles. The van der Waals surface area contributed by atoms with Crippen LogP contribution in [0.5, 0.6) is 6.01 Å². The minimum Gasteiger partial charge on any atom is -0.464 e. The van der Waals surface area contributed by atoms with Crippen LogP contribution in [0.2, 0.25) is 5.15 Å². The van der Waals surface area contributed by atoms with E-state index < -0.39 is 0 Å². The number of hydrogen-bond acceptors (Lipinski definition) is 5. The van der Waals surface area contributed by atoms with E-state index in [1.165, 1.54) is 0 Å². The Morgan fingerprint density at radius 3 is 2.87 bits per heavy atom. The van der Waals surface area contributed by atoms with E-state index >= 15 is 0 Å². The third-order valence-electron chi connectivity index (χ3n) is 1.76. The molecule has 2 rings (SSSR count). The molecule has 78 valence electrons. The van der Waals surface area contributed by atoms with Crippen LogP contribution in [0.4, 0.5) is 0 Å². The number of rotatable bonds is 2. The lowest BCUT2D eigenvalue weighted by Gasteiger charge is -2.03. The van der Waals surface area contributed by atoms with Gasteiger partial charge in [-0.3, -0.25) is 0 Å². The maximum Gasteiger partial charge on any atom is 0.317 e. The van der Waals surface area contributed by atoms with Crippen LogP contribution in [-0.4, -0.2) is 26.5 Å². The van der Waals surface area contributed by atoms with Crippen LogP contribution in [0.15, 0.2) is 6.20 Å². The number of hydrogen-bond donors (Lipinski definition) is 0. The van der Waals surface area contributed by atoms with Gasteiger partial charge in [0.1, 0.15) is 16.9 Å². The zero-order valence-corrected chi connectivity index (χ0v) is 9.12. The molecule has 0 fully saturated rings. The van der Waals surface area contributed by atoms with Gasteiger partial charge in [0.2, 0.25) is 0 Å². The van der Waals surface area contributed by atoms with Crippen molar-refractivity contribution in [2.75, 3.05) is 6.61 Å². The van der Waals surface area contributed by atoms with Crippen molar-refractivity contribution in [3.8, 4) is 6.01 Å². The summed E-state index contributed by atoms with van der Waals surface area (Å²) in [6.07, 6.45) is 1.58. The maximum atomic E-state index is 5.94. The summed E-state index contributed by atoms with van der Waals surface area (Å²) < 4.78 is 5.16. The average molecular weight is 225 g/mol. The van der Waals surface area contributed by atoms with E-state index in [0.717, 1.165) is 0 Å². The lowest BCUT2D eigenvalue weighted by molar-refractivity contribution is 0.314. The van der Waals surface area contributed by atoms with Crippen molar-refractivity contribution in [1.29, 1.82) is 0 Å². The van der Waals surface area contributed by atoms with Crippen molar-refractivity contribution in [2.24, 2.45) is 0 Å². The highest BCUT2D eigenvalue weighted by Crippen LogP contribution is 2.19. The van der Waals surface area contributed by atoms with Crippen molar-refractivity contribution < 1.29 is 4.74 Å². The Bertz CT molecular complexity index is 503. The van der Waals surface area contributed by atoms with Gasteiger partial charge in [-0.2, -0.15) is 4.98 Å². The minimum absolute atomic E-state index is 0.291. The summed E-state index contributed by atoms with van der Waals surface area (Å²) in [6.45, 7) is 4.14. The van der Waals surface area contributed by atoms with E-state index in [4.69, 9.17) is 16.3 Å². The lowest BCUT2D eigenvalue weighted by atomic mass is 10.4. The molecule has 0 aliphatic carbocycles. The largest absolute Gasteiger partial charge is 0.464 e. The molecule has 0 aromatic carbocycles. The molecule has 0 N–H and O–H groups in total. The van der Waals surface area contributed by atoms with Crippen LogP contribution in [0.25, 0.3) is 11.0 Å². The van der Waals surface area contributed by atoms with Gasteiger partial charge < -0.3 is 4.74 Å². The third kappa shape index (κ3) is 1.97. The van der Waals surface area contributed by atoms with E-state index in [1.807, 2.05) is 6.92 Å². The Hall–Kier alpha value is -1.49. The first-order chi connectivity index (χ1) is 7.20. The van der Waals surface area contributed by atoms with Gasteiger partial charge in [-0.1, -0.05) is 11.6 Å². The van der Waals surface area contributed by atoms with E-state index in [9.17, 15) is 0 Å². The lowest BCUT2D eigenvalue weighted by Crippen LogP contribution is -1.99. The zero-order valence-electron chi connectivity index (χ0n) is 8.36. The summed E-state index contributed by atoms with van der Waals surface area (Å²) in [5.74, 6) is 0.597. The van der Waals surface area contributed by atoms with Crippen LogP contribution in [0, 0.1) is 6.92 Å². The first-order valence-corrected chi connectivity index (χ1v) is 4.88. The molecule has 2 aromatic heterocycles. The number of aryl methyl sites for hydroxylation is 1. The summed E-state index contributed by atoms with van der Waals surface area (Å²) in [6, 6.07) is 0.291. The Labute approximate surface area is 91.5 Å². The van der Waals surface area contributed by atoms with Gasteiger partial charge in [-0.05, 0) is 13.8 Å². The van der Waals surface area contributed by atoms with Crippen molar-refractivity contribution in [3.05, 3.63) is 17.2 Å². The second-order valence-corrected chi connectivity index (χ2v) is 3.24. The Morgan fingerprint density at radius 1 is 1.33 bits per heavy atom. The van der Waals surface area contributed by atoms with E-state index in [0.29, 0.717) is 34.6 Å². The topological polar surface area (TPSA) is 60.8 Å². The normalized spacial score (nSPS) is 10.6. The van der Waals surface area contributed by atoms with Gasteiger partial charge in [-0.15, -0.1) is 0 Å². The summed E-state index contributed by atoms with van der Waals surface area (Å²) in [4.78, 5) is 16.3. The molecule has 0 unspecified atom stereocenters. The summed E-state index contributed by atoms with van der Waals surface area (Å²) >= 11 is 5.94. The van der Waals surface area contributed by atoms with Crippen molar-refractivity contribution >= 4 is 22.6 Å². The highest BCUT2D eigenvalue weighted by atomic mass is 35.5. The van der Waals surface area contributed by atoms with Gasteiger partial charge in [0.05, 0.1) is 12.8 Å². The van der Waals surface area contributed by atoms with Crippen LogP contribution in [-0.2, 0) is 0 Å². The fourth-order valence-electron chi connectivity index (χ4n) is 1.19. The predicted octanol–water partition coefficient (Wildman–Crippen LogP) is 1.78. The molecule has 15 heavy (non-hydrogen) atoms. The monoisotopic (exact) mass is 224 g/mol. The van der Waals surface area contributed by atoms with Gasteiger partial charge in [0.25, 0.3) is 0 Å². The molecule has 0 spiro atoms. The molecule has 2 aromatic rings. The molecule has 0 amide bonds. The van der Waals surface area contributed by atoms with Crippen LogP contribution < -0.4 is 4.74 Å². The van der Waals surface area contributed by atoms with E-state index in [-0.39, 0.29) is 0 Å². The maximum absolute atomic E-state index is 5.94. The standard InChI is InChI=1S/C9H9ClN4O/c1-3-15-9-11-4-6-7(14-9)8(10)13-5(2)12-6/h4H,3H2,1-2H3. The first-order valence-electron chi connectivity index (χ1n) is 4.50. The van der Waals surface area contributed by atoms with Gasteiger partial charge in [0.15, 0.2) is 5.15 Å². The molecule has 6 heteroatoms. The summed E-state index contributed by atoms with van der Waals surface area (Å²) in [7, 11) is 0. The second kappa shape index (κ2) is 3.94. The molecular weight excluding hydrogens is 216 g/mol. The molecule has 0 radical (unpaired) electrons. The van der Waals surface area contributed by atoms with Gasteiger partial charge in [0, 0.05) is 0 Å². The first kappa shape index (κ1) is 10.0. The highest BCUT2D eigenvalue weighted by Gasteiger charge is 2.07. The van der Waals surface area contributed by atoms with Crippen LogP contribution in [0.3, 0.4) is 0 Å². The van der Waals surface area contributed by atoms with Gasteiger partial charge in [-0.25, -0.2) is 15.0 Å². The number of nitrogens with zero attached hydrogens (tertiary/aromatic N) is 4. The van der Waals surface area contributed by atoms with Crippen molar-refractivity contribution in [1.82, 2.24) is 19.9 Å². The third-order valence-corrected chi connectivity index (χ3v) is 2.02. The Balaban J connectivity index is 2.60. The fraction of sp³-hybridized carbons (Fsp3) is 0.333. The number of aromatic nitrogens is 4. The van der Waals surface area contributed by atoms with E-state index in [2.05, 4.69) is 19.9 Å². The number of ether oxygens (including phenoxy) is 1. The van der Waals surface area contributed by atoms with Crippen LogP contribution >= 0.6 is 11.6 Å². The minimum atomic E-state index is 0.291. The second-order valence-electron chi connectivity index (χ2n) is 2.88. The molecular formula is C9H9ClN4O. The highest BCUT2D eigenvalue weighted by molar-refractivity contribution is 6.33. The van der Waals surface area contributed by atoms with Crippen molar-refractivity contribution in [2.45, 2.75) is 13.8 Å². The fourth-order valence-corrected chi connectivity index (χ4v) is 1.45. The zero-order chi connectivity index (χ0) is 10.8. The average Bonchev–Trinajstić information content (AvgIpc) is 2.19. The molecule has 0 atom stereocenters. The molecule has 5 nitrogen and oxygen atoms in total. The number of halogens is 1. The molecule has 0 saturated heterocycles. The van der Waals surface area contributed by atoms with E-state index in [1.54, 1.807) is 13.1 Å². The Kier molecular flexibility index (Phi) is 2.64. The molecule has 0 aliphatic rings. The molecule has 0 bridgehead atoms. The molecule has 0 saturated carbocycles. The SMILES string of the molecule is CCOc1ncc2nc(C)nc(Cl)c2n1. The molecule has 0 aliphatic heterocycles.